The second-order valence-electron chi connectivity index (χ2n) is 5.18. The minimum atomic E-state index is -0.297. The van der Waals surface area contributed by atoms with E-state index in [0.29, 0.717) is 18.5 Å². The summed E-state index contributed by atoms with van der Waals surface area (Å²) in [5, 5.41) is 9.15. The summed E-state index contributed by atoms with van der Waals surface area (Å²) >= 11 is 0. The third kappa shape index (κ3) is 1.95. The number of likely N-dealkylation sites (tertiary alicyclic amines) is 2. The molecule has 2 aliphatic rings. The molecule has 0 spiro atoms. The normalized spacial score (nSPS) is 31.9. The fraction of sp³-hybridized carbons (Fsp3) is 0.909. The summed E-state index contributed by atoms with van der Waals surface area (Å²) in [6.45, 7) is 7.19. The molecule has 2 amide bonds. The monoisotopic (exact) mass is 212 g/mol. The van der Waals surface area contributed by atoms with Gasteiger partial charge in [0, 0.05) is 13.1 Å². The first kappa shape index (κ1) is 10.7. The molecule has 2 rings (SSSR count). The van der Waals surface area contributed by atoms with Crippen molar-refractivity contribution in [1.82, 2.24) is 9.80 Å². The van der Waals surface area contributed by atoms with Crippen molar-refractivity contribution in [1.29, 1.82) is 0 Å². The molecule has 2 aliphatic heterocycles. The number of aliphatic hydroxyl groups excluding tert-OH is 1. The molecule has 4 nitrogen and oxygen atoms in total. The average molecular weight is 212 g/mol. The first-order valence-electron chi connectivity index (χ1n) is 5.76. The molecular weight excluding hydrogens is 192 g/mol. The van der Waals surface area contributed by atoms with Crippen LogP contribution in [0.5, 0.6) is 0 Å². The van der Waals surface area contributed by atoms with Crippen LogP contribution in [0.2, 0.25) is 0 Å². The zero-order chi connectivity index (χ0) is 11.1. The van der Waals surface area contributed by atoms with E-state index < -0.39 is 0 Å². The van der Waals surface area contributed by atoms with Gasteiger partial charge in [-0.3, -0.25) is 0 Å². The molecule has 2 saturated heterocycles. The second kappa shape index (κ2) is 3.67. The molecule has 0 saturated carbocycles. The highest BCUT2D eigenvalue weighted by atomic mass is 16.3. The summed E-state index contributed by atoms with van der Waals surface area (Å²) in [6.07, 6.45) is 1.93. The Bertz CT molecular complexity index is 263. The van der Waals surface area contributed by atoms with Crippen LogP contribution in [0.4, 0.5) is 4.79 Å². The predicted octanol–water partition coefficient (Wildman–Crippen LogP) is 0.905. The van der Waals surface area contributed by atoms with Gasteiger partial charge in [0.25, 0.3) is 0 Å². The van der Waals surface area contributed by atoms with Gasteiger partial charge >= 0.3 is 6.03 Å². The van der Waals surface area contributed by atoms with Gasteiger partial charge < -0.3 is 14.9 Å². The summed E-state index contributed by atoms with van der Waals surface area (Å²) in [6, 6.07) is 0.109. The van der Waals surface area contributed by atoms with Crippen LogP contribution in [0.15, 0.2) is 0 Å². The standard InChI is InChI=1S/C11H20N2O2/c1-3-11(2)4-5-12(8-11)10(15)13-6-9(14)7-13/h9,14H,3-8H2,1-2H3/t11-/m0/s1. The molecule has 86 valence electrons. The maximum absolute atomic E-state index is 11.9. The molecule has 0 radical (unpaired) electrons. The number of hydrogen-bond acceptors (Lipinski definition) is 2. The number of carbonyl (C=O) groups is 1. The number of amides is 2. The molecule has 4 heteroatoms. The Morgan fingerprint density at radius 2 is 2.13 bits per heavy atom. The molecule has 0 aromatic heterocycles. The summed E-state index contributed by atoms with van der Waals surface area (Å²) in [5.41, 5.74) is 0.305. The lowest BCUT2D eigenvalue weighted by atomic mass is 9.87. The Morgan fingerprint density at radius 3 is 2.60 bits per heavy atom. The lowest BCUT2D eigenvalue weighted by Crippen LogP contribution is -2.57. The minimum Gasteiger partial charge on any atom is -0.389 e. The third-order valence-corrected chi connectivity index (χ3v) is 3.81. The molecular formula is C11H20N2O2. The van der Waals surface area contributed by atoms with Crippen molar-refractivity contribution >= 4 is 6.03 Å². The van der Waals surface area contributed by atoms with E-state index in [9.17, 15) is 4.79 Å². The minimum absolute atomic E-state index is 0.109. The molecule has 1 atom stereocenters. The largest absolute Gasteiger partial charge is 0.389 e. The second-order valence-corrected chi connectivity index (χ2v) is 5.18. The lowest BCUT2D eigenvalue weighted by Gasteiger charge is -2.38. The zero-order valence-corrected chi connectivity index (χ0v) is 9.57. The fourth-order valence-corrected chi connectivity index (χ4v) is 2.29. The molecule has 2 heterocycles. The topological polar surface area (TPSA) is 43.8 Å². The smallest absolute Gasteiger partial charge is 0.320 e. The van der Waals surface area contributed by atoms with Gasteiger partial charge in [0.05, 0.1) is 19.2 Å². The summed E-state index contributed by atoms with van der Waals surface area (Å²) in [5.74, 6) is 0. The third-order valence-electron chi connectivity index (χ3n) is 3.81. The van der Waals surface area contributed by atoms with Gasteiger partial charge in [0.15, 0.2) is 0 Å². The molecule has 0 aromatic carbocycles. The zero-order valence-electron chi connectivity index (χ0n) is 9.57. The van der Waals surface area contributed by atoms with E-state index in [2.05, 4.69) is 13.8 Å². The number of aliphatic hydroxyl groups is 1. The van der Waals surface area contributed by atoms with Crippen molar-refractivity contribution in [2.45, 2.75) is 32.8 Å². The van der Waals surface area contributed by atoms with Crippen LogP contribution in [0.3, 0.4) is 0 Å². The molecule has 0 aliphatic carbocycles. The number of β-amino-alcohol motifs (C(OH)–C–C–N with tert-alkyl or cyclic N) is 1. The molecule has 1 N–H and O–H groups in total. The summed E-state index contributed by atoms with van der Waals surface area (Å²) < 4.78 is 0. The molecule has 15 heavy (non-hydrogen) atoms. The SMILES string of the molecule is CC[C@@]1(C)CCN(C(=O)N2CC(O)C2)C1. The number of urea groups is 1. The predicted molar refractivity (Wildman–Crippen MR) is 57.6 cm³/mol. The van der Waals surface area contributed by atoms with Crippen molar-refractivity contribution < 1.29 is 9.90 Å². The highest BCUT2D eigenvalue weighted by Gasteiger charge is 2.39. The van der Waals surface area contributed by atoms with Crippen molar-refractivity contribution in [3.63, 3.8) is 0 Å². The Balaban J connectivity index is 1.88. The molecule has 0 bridgehead atoms. The number of nitrogens with zero attached hydrogens (tertiary/aromatic N) is 2. The van der Waals surface area contributed by atoms with Gasteiger partial charge in [-0.1, -0.05) is 13.8 Å². The quantitative estimate of drug-likeness (QED) is 0.702. The van der Waals surface area contributed by atoms with Gasteiger partial charge in [-0.05, 0) is 18.3 Å². The number of hydrogen-bond donors (Lipinski definition) is 1. The van der Waals surface area contributed by atoms with Crippen LogP contribution >= 0.6 is 0 Å². The van der Waals surface area contributed by atoms with Crippen molar-refractivity contribution in [3.05, 3.63) is 0 Å². The van der Waals surface area contributed by atoms with Gasteiger partial charge in [-0.25, -0.2) is 4.79 Å². The van der Waals surface area contributed by atoms with E-state index in [1.165, 1.54) is 0 Å². The first-order chi connectivity index (χ1) is 7.04. The van der Waals surface area contributed by atoms with Gasteiger partial charge in [-0.2, -0.15) is 0 Å². The fourth-order valence-electron chi connectivity index (χ4n) is 2.29. The van der Waals surface area contributed by atoms with Gasteiger partial charge in [0.1, 0.15) is 0 Å². The first-order valence-corrected chi connectivity index (χ1v) is 5.76. The van der Waals surface area contributed by atoms with Crippen molar-refractivity contribution in [3.8, 4) is 0 Å². The maximum Gasteiger partial charge on any atom is 0.320 e. The lowest BCUT2D eigenvalue weighted by molar-refractivity contribution is 0.0161. The molecule has 0 unspecified atom stereocenters. The van der Waals surface area contributed by atoms with E-state index in [1.807, 2.05) is 4.90 Å². The van der Waals surface area contributed by atoms with Crippen LogP contribution in [0.25, 0.3) is 0 Å². The van der Waals surface area contributed by atoms with Crippen LogP contribution < -0.4 is 0 Å². The van der Waals surface area contributed by atoms with E-state index >= 15 is 0 Å². The Hall–Kier alpha value is -0.770. The van der Waals surface area contributed by atoms with Gasteiger partial charge in [-0.15, -0.1) is 0 Å². The number of rotatable bonds is 1. The Kier molecular flexibility index (Phi) is 2.63. The van der Waals surface area contributed by atoms with Crippen LogP contribution in [-0.4, -0.2) is 53.2 Å². The summed E-state index contributed by atoms with van der Waals surface area (Å²) in [4.78, 5) is 15.6. The average Bonchev–Trinajstić information content (AvgIpc) is 2.56. The van der Waals surface area contributed by atoms with E-state index in [4.69, 9.17) is 5.11 Å². The highest BCUT2D eigenvalue weighted by Crippen LogP contribution is 2.33. The highest BCUT2D eigenvalue weighted by molar-refractivity contribution is 5.75. The van der Waals surface area contributed by atoms with Gasteiger partial charge in [0.2, 0.25) is 0 Å². The van der Waals surface area contributed by atoms with E-state index in [-0.39, 0.29) is 12.1 Å². The van der Waals surface area contributed by atoms with Crippen molar-refractivity contribution in [2.24, 2.45) is 5.41 Å². The van der Waals surface area contributed by atoms with E-state index in [0.717, 1.165) is 25.9 Å². The van der Waals surface area contributed by atoms with Crippen molar-refractivity contribution in [2.75, 3.05) is 26.2 Å². The molecule has 2 fully saturated rings. The van der Waals surface area contributed by atoms with Crippen LogP contribution in [0.1, 0.15) is 26.7 Å². The summed E-state index contributed by atoms with van der Waals surface area (Å²) in [7, 11) is 0. The maximum atomic E-state index is 11.9. The van der Waals surface area contributed by atoms with Crippen LogP contribution in [0, 0.1) is 5.41 Å². The Labute approximate surface area is 90.9 Å². The Morgan fingerprint density at radius 1 is 1.47 bits per heavy atom. The van der Waals surface area contributed by atoms with Crippen LogP contribution in [-0.2, 0) is 0 Å². The number of carbonyl (C=O) groups excluding carboxylic acids is 1. The molecule has 0 aromatic rings. The van der Waals surface area contributed by atoms with E-state index in [1.54, 1.807) is 4.90 Å².